The molecule has 5 heterocycles. The van der Waals surface area contributed by atoms with Gasteiger partial charge in [-0.05, 0) is 31.0 Å². The van der Waals surface area contributed by atoms with Gasteiger partial charge in [-0.2, -0.15) is 5.10 Å². The molecule has 2 fully saturated rings. The van der Waals surface area contributed by atoms with Crippen molar-refractivity contribution in [2.75, 3.05) is 31.2 Å². The Balaban J connectivity index is 1.27. The van der Waals surface area contributed by atoms with Gasteiger partial charge in [0.15, 0.2) is 5.65 Å². The van der Waals surface area contributed by atoms with Gasteiger partial charge in [0, 0.05) is 35.3 Å². The maximum atomic E-state index is 12.1. The van der Waals surface area contributed by atoms with Crippen LogP contribution in [0.1, 0.15) is 23.1 Å². The Kier molecular flexibility index (Phi) is 6.09. The molecule has 10 heteroatoms. The molecule has 3 aromatic heterocycles. The van der Waals surface area contributed by atoms with Crippen LogP contribution in [0.5, 0.6) is 0 Å². The van der Waals surface area contributed by atoms with Crippen molar-refractivity contribution in [3.05, 3.63) is 89.9 Å². The van der Waals surface area contributed by atoms with Crippen molar-refractivity contribution in [2.45, 2.75) is 18.9 Å². The second-order valence-electron chi connectivity index (χ2n) is 9.85. The topological polar surface area (TPSA) is 111 Å². The summed E-state index contributed by atoms with van der Waals surface area (Å²) in [7, 11) is 0. The number of alkyl carbamates (subject to hydrolysis) is 1. The number of pyridine rings is 1. The lowest BCUT2D eigenvalue weighted by Gasteiger charge is -2.28. The van der Waals surface area contributed by atoms with E-state index in [1.165, 1.54) is 0 Å². The molecule has 5 aromatic rings. The van der Waals surface area contributed by atoms with E-state index < -0.39 is 18.1 Å². The predicted molar refractivity (Wildman–Crippen MR) is 148 cm³/mol. The summed E-state index contributed by atoms with van der Waals surface area (Å²) in [6.45, 7) is 2.91. The van der Waals surface area contributed by atoms with E-state index in [2.05, 4.69) is 28.4 Å². The maximum Gasteiger partial charge on any atom is 0.415 e. The second kappa shape index (κ2) is 10.0. The zero-order valence-electron chi connectivity index (χ0n) is 21.6. The van der Waals surface area contributed by atoms with E-state index in [1.54, 1.807) is 18.3 Å². The molecular formula is C30H26N6O4. The highest BCUT2D eigenvalue weighted by Gasteiger charge is 2.33. The molecule has 2 aliphatic rings. The first kappa shape index (κ1) is 24.2. The maximum absolute atomic E-state index is 12.1. The van der Waals surface area contributed by atoms with Crippen LogP contribution < -0.4 is 10.2 Å². The molecule has 40 heavy (non-hydrogen) atoms. The summed E-state index contributed by atoms with van der Waals surface area (Å²) in [6, 6.07) is 21.7. The van der Waals surface area contributed by atoms with Gasteiger partial charge in [-0.1, -0.05) is 48.5 Å². The number of rotatable bonds is 6. The van der Waals surface area contributed by atoms with Crippen molar-refractivity contribution in [3.8, 4) is 11.3 Å². The number of hydrogen-bond acceptors (Lipinski definition) is 8. The molecule has 0 bridgehead atoms. The third-order valence-corrected chi connectivity index (χ3v) is 7.37. The fraction of sp³-hybridized carbons (Fsp3) is 0.233. The number of amides is 2. The third kappa shape index (κ3) is 4.42. The first-order chi connectivity index (χ1) is 19.6. The number of para-hydroxylation sites is 1. The summed E-state index contributed by atoms with van der Waals surface area (Å²) in [5, 5.41) is 7.99. The van der Waals surface area contributed by atoms with Gasteiger partial charge in [-0.3, -0.25) is 15.1 Å². The number of ether oxygens (including phenoxy) is 2. The Labute approximate surface area is 229 Å². The molecule has 1 unspecified atom stereocenters. The molecule has 0 aliphatic carbocycles. The van der Waals surface area contributed by atoms with Gasteiger partial charge in [0.25, 0.3) is 5.91 Å². The quantitative estimate of drug-likeness (QED) is 0.350. The van der Waals surface area contributed by atoms with E-state index >= 15 is 0 Å². The van der Waals surface area contributed by atoms with Gasteiger partial charge in [0.05, 0.1) is 42.0 Å². The number of nitrogens with zero attached hydrogens (tertiary/aromatic N) is 5. The fourth-order valence-electron chi connectivity index (χ4n) is 5.38. The molecule has 200 valence electrons. The monoisotopic (exact) mass is 534 g/mol. The average molecular weight is 535 g/mol. The van der Waals surface area contributed by atoms with Crippen LogP contribution in [0, 0.1) is 0 Å². The number of fused-ring (bicyclic) bond motifs is 2. The van der Waals surface area contributed by atoms with Gasteiger partial charge in [-0.25, -0.2) is 14.3 Å². The highest BCUT2D eigenvalue weighted by molar-refractivity contribution is 6.00. The van der Waals surface area contributed by atoms with E-state index in [4.69, 9.17) is 24.5 Å². The normalized spacial score (nSPS) is 17.4. The number of aryl methyl sites for hydroxylation is 2. The molecule has 1 N–H and O–H groups in total. The Morgan fingerprint density at radius 1 is 0.900 bits per heavy atom. The third-order valence-electron chi connectivity index (χ3n) is 7.37. The standard InChI is InChI=1S/C30H26N6O4/c37-29-27(40-30(38)34-29)21-7-5-20(6-8-21)26-24(12-11-22-10-9-19-3-1-2-4-23(19)32-22)33-28-25(13-14-31-36(26)28)35-15-17-39-18-16-35/h1-10,13-14,27H,11-12,15-18H2,(H,34,37,38). The lowest BCUT2D eigenvalue weighted by molar-refractivity contribution is -0.123. The number of benzene rings is 2. The summed E-state index contributed by atoms with van der Waals surface area (Å²) < 4.78 is 12.6. The summed E-state index contributed by atoms with van der Waals surface area (Å²) >= 11 is 0. The van der Waals surface area contributed by atoms with Crippen LogP contribution in [-0.2, 0) is 27.1 Å². The van der Waals surface area contributed by atoms with Gasteiger partial charge in [0.1, 0.15) is 0 Å². The Bertz CT molecular complexity index is 1740. The number of anilines is 1. The van der Waals surface area contributed by atoms with Crippen LogP contribution in [0.25, 0.3) is 27.8 Å². The summed E-state index contributed by atoms with van der Waals surface area (Å²) in [4.78, 5) is 35.9. The van der Waals surface area contributed by atoms with E-state index in [-0.39, 0.29) is 0 Å². The number of imidazole rings is 1. The highest BCUT2D eigenvalue weighted by atomic mass is 16.6. The van der Waals surface area contributed by atoms with Crippen molar-refractivity contribution < 1.29 is 19.1 Å². The van der Waals surface area contributed by atoms with Gasteiger partial charge in [-0.15, -0.1) is 0 Å². The number of carbonyl (C=O) groups is 2. The number of morpholine rings is 1. The Morgan fingerprint density at radius 3 is 2.52 bits per heavy atom. The van der Waals surface area contributed by atoms with Crippen LogP contribution in [0.3, 0.4) is 0 Å². The Hall–Kier alpha value is -4.83. The lowest BCUT2D eigenvalue weighted by Crippen LogP contribution is -2.36. The molecule has 2 aromatic carbocycles. The zero-order chi connectivity index (χ0) is 27.1. The van der Waals surface area contributed by atoms with E-state index in [9.17, 15) is 9.59 Å². The van der Waals surface area contributed by atoms with Gasteiger partial charge < -0.3 is 14.4 Å². The minimum Gasteiger partial charge on any atom is -0.431 e. The number of cyclic esters (lactones) is 1. The van der Waals surface area contributed by atoms with Crippen molar-refractivity contribution in [1.29, 1.82) is 0 Å². The van der Waals surface area contributed by atoms with Gasteiger partial charge in [0.2, 0.25) is 6.10 Å². The second-order valence-corrected chi connectivity index (χ2v) is 9.85. The largest absolute Gasteiger partial charge is 0.431 e. The SMILES string of the molecule is O=C1NC(=O)C(c2ccc(-c3c(CCc4ccc5ccccc5n4)nc4c(N5CCOCC5)ccnn34)cc2)O1. The zero-order valence-corrected chi connectivity index (χ0v) is 21.6. The van der Waals surface area contributed by atoms with E-state index in [0.29, 0.717) is 31.6 Å². The average Bonchev–Trinajstić information content (AvgIpc) is 3.55. The van der Waals surface area contributed by atoms with Crippen LogP contribution in [-0.4, -0.2) is 57.9 Å². The van der Waals surface area contributed by atoms with E-state index in [0.717, 1.165) is 58.0 Å². The van der Waals surface area contributed by atoms with Gasteiger partial charge >= 0.3 is 6.09 Å². The summed E-state index contributed by atoms with van der Waals surface area (Å²) in [5.74, 6) is -0.465. The molecule has 10 nitrogen and oxygen atoms in total. The Morgan fingerprint density at radius 2 is 1.73 bits per heavy atom. The first-order valence-electron chi connectivity index (χ1n) is 13.3. The number of imide groups is 1. The fourth-order valence-corrected chi connectivity index (χ4v) is 5.38. The smallest absolute Gasteiger partial charge is 0.415 e. The van der Waals surface area contributed by atoms with Crippen molar-refractivity contribution in [2.24, 2.45) is 0 Å². The molecule has 0 spiro atoms. The minimum atomic E-state index is -0.951. The number of aromatic nitrogens is 4. The first-order valence-corrected chi connectivity index (χ1v) is 13.3. The summed E-state index contributed by atoms with van der Waals surface area (Å²) in [5.41, 5.74) is 7.05. The van der Waals surface area contributed by atoms with Crippen molar-refractivity contribution in [3.63, 3.8) is 0 Å². The lowest BCUT2D eigenvalue weighted by atomic mass is 10.0. The van der Waals surface area contributed by atoms with Crippen molar-refractivity contribution in [1.82, 2.24) is 24.9 Å². The number of carbonyl (C=O) groups excluding carboxylic acids is 2. The van der Waals surface area contributed by atoms with E-state index in [1.807, 2.05) is 40.9 Å². The predicted octanol–water partition coefficient (Wildman–Crippen LogP) is 3.87. The van der Waals surface area contributed by atoms with Crippen molar-refractivity contribution >= 4 is 34.2 Å². The highest BCUT2D eigenvalue weighted by Crippen LogP contribution is 2.32. The molecular weight excluding hydrogens is 508 g/mol. The number of nitrogens with one attached hydrogen (secondary N) is 1. The van der Waals surface area contributed by atoms with Crippen LogP contribution in [0.15, 0.2) is 72.9 Å². The van der Waals surface area contributed by atoms with Crippen LogP contribution in [0.4, 0.5) is 10.5 Å². The molecule has 2 saturated heterocycles. The van der Waals surface area contributed by atoms with Crippen LogP contribution >= 0.6 is 0 Å². The number of hydrogen-bond donors (Lipinski definition) is 1. The molecule has 7 rings (SSSR count). The molecule has 0 radical (unpaired) electrons. The molecule has 0 saturated carbocycles. The van der Waals surface area contributed by atoms with Crippen LogP contribution in [0.2, 0.25) is 0 Å². The molecule has 1 atom stereocenters. The molecule has 2 amide bonds. The molecule has 2 aliphatic heterocycles. The summed E-state index contributed by atoms with van der Waals surface area (Å²) in [6.07, 6.45) is 1.49. The minimum absolute atomic E-state index is 0.465.